The first-order valence-electron chi connectivity index (χ1n) is 6.20. The summed E-state index contributed by atoms with van der Waals surface area (Å²) in [5.74, 6) is -0.175. The average molecular weight is 364 g/mol. The van der Waals surface area contributed by atoms with Crippen LogP contribution in [0.25, 0.3) is 0 Å². The predicted octanol–water partition coefficient (Wildman–Crippen LogP) is 3.30. The van der Waals surface area contributed by atoms with Gasteiger partial charge in [-0.1, -0.05) is 6.07 Å². The third kappa shape index (κ3) is 6.11. The third-order valence-electron chi connectivity index (χ3n) is 2.59. The number of rotatable bonds is 5. The molecule has 2 N–H and O–H groups in total. The summed E-state index contributed by atoms with van der Waals surface area (Å²) in [4.78, 5) is 0. The Balaban J connectivity index is 2.40. The van der Waals surface area contributed by atoms with E-state index < -0.39 is 0 Å². The standard InChI is InChI=1S/C14H22FIN2/c1-10(8-18-14(2,3)4)17-9-11-5-6-12(15)7-13(11)16/h5-7,10,17-18H,8-9H2,1-4H3. The molecule has 1 unspecified atom stereocenters. The highest BCUT2D eigenvalue weighted by Gasteiger charge is 2.11. The van der Waals surface area contributed by atoms with Gasteiger partial charge in [0.05, 0.1) is 0 Å². The summed E-state index contributed by atoms with van der Waals surface area (Å²) in [6.45, 7) is 10.3. The zero-order valence-corrected chi connectivity index (χ0v) is 13.6. The maximum atomic E-state index is 13.0. The van der Waals surface area contributed by atoms with Crippen molar-refractivity contribution in [3.05, 3.63) is 33.1 Å². The van der Waals surface area contributed by atoms with Gasteiger partial charge in [-0.05, 0) is 68.0 Å². The molecule has 0 aliphatic rings. The molecule has 0 amide bonds. The summed E-state index contributed by atoms with van der Waals surface area (Å²) >= 11 is 2.17. The lowest BCUT2D eigenvalue weighted by atomic mass is 10.1. The Morgan fingerprint density at radius 3 is 2.56 bits per heavy atom. The topological polar surface area (TPSA) is 24.1 Å². The van der Waals surface area contributed by atoms with Crippen LogP contribution in [0.5, 0.6) is 0 Å². The Bertz CT molecular complexity index is 388. The Morgan fingerprint density at radius 1 is 1.33 bits per heavy atom. The van der Waals surface area contributed by atoms with E-state index in [1.807, 2.05) is 6.07 Å². The molecule has 0 saturated heterocycles. The zero-order chi connectivity index (χ0) is 13.8. The fourth-order valence-corrected chi connectivity index (χ4v) is 2.15. The molecule has 102 valence electrons. The van der Waals surface area contributed by atoms with Crippen molar-refractivity contribution in [2.24, 2.45) is 0 Å². The SMILES string of the molecule is CC(CNC(C)(C)C)NCc1ccc(F)cc1I. The van der Waals surface area contributed by atoms with Gasteiger partial charge in [0, 0.05) is 28.2 Å². The molecule has 1 aromatic rings. The second-order valence-corrected chi connectivity index (χ2v) is 6.81. The zero-order valence-electron chi connectivity index (χ0n) is 11.5. The minimum absolute atomic E-state index is 0.139. The lowest BCUT2D eigenvalue weighted by molar-refractivity contribution is 0.387. The molecule has 0 radical (unpaired) electrons. The normalized spacial score (nSPS) is 13.7. The van der Waals surface area contributed by atoms with Crippen LogP contribution >= 0.6 is 22.6 Å². The predicted molar refractivity (Wildman–Crippen MR) is 83.2 cm³/mol. The molecule has 0 heterocycles. The number of benzene rings is 1. The van der Waals surface area contributed by atoms with Gasteiger partial charge in [0.15, 0.2) is 0 Å². The van der Waals surface area contributed by atoms with Gasteiger partial charge in [-0.15, -0.1) is 0 Å². The fraction of sp³-hybridized carbons (Fsp3) is 0.571. The van der Waals surface area contributed by atoms with Gasteiger partial charge in [-0.2, -0.15) is 0 Å². The van der Waals surface area contributed by atoms with Crippen molar-refractivity contribution in [2.45, 2.75) is 45.8 Å². The highest BCUT2D eigenvalue weighted by Crippen LogP contribution is 2.13. The van der Waals surface area contributed by atoms with Crippen molar-refractivity contribution in [2.75, 3.05) is 6.54 Å². The molecule has 0 saturated carbocycles. The van der Waals surface area contributed by atoms with Gasteiger partial charge in [0.2, 0.25) is 0 Å². The number of halogens is 2. The van der Waals surface area contributed by atoms with Crippen LogP contribution in [0.3, 0.4) is 0 Å². The Morgan fingerprint density at radius 2 is 2.00 bits per heavy atom. The minimum Gasteiger partial charge on any atom is -0.311 e. The van der Waals surface area contributed by atoms with Crippen LogP contribution in [-0.4, -0.2) is 18.1 Å². The van der Waals surface area contributed by atoms with Gasteiger partial charge in [-0.25, -0.2) is 4.39 Å². The lowest BCUT2D eigenvalue weighted by Crippen LogP contribution is -2.44. The summed E-state index contributed by atoms with van der Waals surface area (Å²) in [5.41, 5.74) is 1.28. The van der Waals surface area contributed by atoms with E-state index in [0.29, 0.717) is 6.04 Å². The van der Waals surface area contributed by atoms with Crippen LogP contribution in [0.1, 0.15) is 33.3 Å². The smallest absolute Gasteiger partial charge is 0.124 e. The summed E-state index contributed by atoms with van der Waals surface area (Å²) in [6, 6.07) is 5.30. The molecular formula is C14H22FIN2. The summed E-state index contributed by atoms with van der Waals surface area (Å²) in [7, 11) is 0. The van der Waals surface area contributed by atoms with Crippen molar-refractivity contribution in [1.29, 1.82) is 0 Å². The second kappa shape index (κ2) is 6.82. The van der Waals surface area contributed by atoms with Crippen molar-refractivity contribution < 1.29 is 4.39 Å². The Kier molecular flexibility index (Phi) is 6.01. The molecule has 1 atom stereocenters. The van der Waals surface area contributed by atoms with Gasteiger partial charge < -0.3 is 10.6 Å². The minimum atomic E-state index is -0.175. The van der Waals surface area contributed by atoms with Crippen LogP contribution in [0.4, 0.5) is 4.39 Å². The highest BCUT2D eigenvalue weighted by molar-refractivity contribution is 14.1. The monoisotopic (exact) mass is 364 g/mol. The first-order chi connectivity index (χ1) is 8.28. The van der Waals surface area contributed by atoms with Gasteiger partial charge in [0.25, 0.3) is 0 Å². The maximum Gasteiger partial charge on any atom is 0.124 e. The molecule has 2 nitrogen and oxygen atoms in total. The van der Waals surface area contributed by atoms with E-state index in [9.17, 15) is 4.39 Å². The second-order valence-electron chi connectivity index (χ2n) is 5.65. The van der Waals surface area contributed by atoms with Gasteiger partial charge in [0.1, 0.15) is 5.82 Å². The van der Waals surface area contributed by atoms with E-state index in [-0.39, 0.29) is 11.4 Å². The molecule has 0 aliphatic carbocycles. The van der Waals surface area contributed by atoms with Crippen molar-refractivity contribution >= 4 is 22.6 Å². The number of hydrogen-bond donors (Lipinski definition) is 2. The van der Waals surface area contributed by atoms with Crippen LogP contribution < -0.4 is 10.6 Å². The average Bonchev–Trinajstić information content (AvgIpc) is 2.24. The maximum absolute atomic E-state index is 13.0. The third-order valence-corrected chi connectivity index (χ3v) is 3.60. The molecule has 0 spiro atoms. The number of nitrogens with one attached hydrogen (secondary N) is 2. The Hall–Kier alpha value is -0.200. The largest absolute Gasteiger partial charge is 0.311 e. The molecule has 0 aromatic heterocycles. The first kappa shape index (κ1) is 15.9. The highest BCUT2D eigenvalue weighted by atomic mass is 127. The summed E-state index contributed by atoms with van der Waals surface area (Å²) < 4.78 is 13.9. The quantitative estimate of drug-likeness (QED) is 0.784. The van der Waals surface area contributed by atoms with Crippen molar-refractivity contribution in [1.82, 2.24) is 10.6 Å². The van der Waals surface area contributed by atoms with Crippen LogP contribution in [-0.2, 0) is 6.54 Å². The molecular weight excluding hydrogens is 342 g/mol. The van der Waals surface area contributed by atoms with E-state index in [1.165, 1.54) is 6.07 Å². The summed E-state index contributed by atoms with van der Waals surface area (Å²) in [6.07, 6.45) is 0. The molecule has 1 rings (SSSR count). The van der Waals surface area contributed by atoms with Crippen molar-refractivity contribution in [3.8, 4) is 0 Å². The van der Waals surface area contributed by atoms with Gasteiger partial charge in [-0.3, -0.25) is 0 Å². The Labute approximate surface area is 123 Å². The number of hydrogen-bond acceptors (Lipinski definition) is 2. The summed E-state index contributed by atoms with van der Waals surface area (Å²) in [5, 5.41) is 6.90. The van der Waals surface area contributed by atoms with Crippen LogP contribution in [0.2, 0.25) is 0 Å². The fourth-order valence-electron chi connectivity index (χ4n) is 1.48. The van der Waals surface area contributed by atoms with E-state index in [4.69, 9.17) is 0 Å². The van der Waals surface area contributed by atoms with Crippen molar-refractivity contribution in [3.63, 3.8) is 0 Å². The van der Waals surface area contributed by atoms with E-state index >= 15 is 0 Å². The van der Waals surface area contributed by atoms with Crippen LogP contribution in [0, 0.1) is 9.39 Å². The molecule has 0 fully saturated rings. The molecule has 4 heteroatoms. The van der Waals surface area contributed by atoms with E-state index in [1.54, 1.807) is 6.07 Å². The molecule has 0 bridgehead atoms. The van der Waals surface area contributed by atoms with E-state index in [2.05, 4.69) is 60.9 Å². The lowest BCUT2D eigenvalue weighted by Gasteiger charge is -2.24. The van der Waals surface area contributed by atoms with Gasteiger partial charge >= 0.3 is 0 Å². The molecule has 1 aromatic carbocycles. The van der Waals surface area contributed by atoms with Crippen LogP contribution in [0.15, 0.2) is 18.2 Å². The molecule has 18 heavy (non-hydrogen) atoms. The first-order valence-corrected chi connectivity index (χ1v) is 7.28. The van der Waals surface area contributed by atoms with E-state index in [0.717, 1.165) is 22.2 Å². The molecule has 0 aliphatic heterocycles.